The lowest BCUT2D eigenvalue weighted by Gasteiger charge is -2.33. The number of hydrogen-bond acceptors (Lipinski definition) is 2. The molecule has 0 N–H and O–H groups in total. The highest BCUT2D eigenvalue weighted by Crippen LogP contribution is 2.41. The lowest BCUT2D eigenvalue weighted by Crippen LogP contribution is -2.20. The minimum absolute atomic E-state index is 0.742. The first-order chi connectivity index (χ1) is 12.3. The second kappa shape index (κ2) is 12.8. The van der Waals surface area contributed by atoms with E-state index in [1.54, 1.807) is 12.7 Å². The molecule has 0 bridgehead atoms. The molecule has 0 aromatic carbocycles. The van der Waals surface area contributed by atoms with Crippen LogP contribution in [0.4, 0.5) is 0 Å². The van der Waals surface area contributed by atoms with Crippen molar-refractivity contribution < 1.29 is 9.47 Å². The molecular formula is C23H42O2. The van der Waals surface area contributed by atoms with Crippen molar-refractivity contribution in [3.05, 3.63) is 11.3 Å². The Kier molecular flexibility index (Phi) is 10.6. The van der Waals surface area contributed by atoms with E-state index in [2.05, 4.69) is 6.92 Å². The molecule has 0 amide bonds. The van der Waals surface area contributed by atoms with Crippen molar-refractivity contribution >= 4 is 0 Å². The Morgan fingerprint density at radius 3 is 2.20 bits per heavy atom. The van der Waals surface area contributed by atoms with Gasteiger partial charge in [0.1, 0.15) is 0 Å². The Balaban J connectivity index is 1.67. The number of ether oxygens (including phenoxy) is 2. The van der Waals surface area contributed by atoms with Crippen LogP contribution in [0.3, 0.4) is 0 Å². The first-order valence-electron chi connectivity index (χ1n) is 11.2. The van der Waals surface area contributed by atoms with Crippen molar-refractivity contribution in [1.29, 1.82) is 0 Å². The molecule has 0 aromatic rings. The minimum Gasteiger partial charge on any atom is -0.498 e. The molecule has 2 rings (SSSR count). The Morgan fingerprint density at radius 1 is 0.880 bits per heavy atom. The van der Waals surface area contributed by atoms with Crippen LogP contribution in [0.1, 0.15) is 103 Å². The molecule has 25 heavy (non-hydrogen) atoms. The van der Waals surface area contributed by atoms with Gasteiger partial charge in [0.25, 0.3) is 0 Å². The fourth-order valence-electron chi connectivity index (χ4n) is 4.39. The summed E-state index contributed by atoms with van der Waals surface area (Å²) in [5, 5.41) is 0. The molecule has 2 heteroatoms. The van der Waals surface area contributed by atoms with Gasteiger partial charge in [-0.3, -0.25) is 0 Å². The molecule has 0 saturated heterocycles. The third kappa shape index (κ3) is 7.72. The first-order valence-corrected chi connectivity index (χ1v) is 11.2. The van der Waals surface area contributed by atoms with Crippen LogP contribution in [0, 0.1) is 11.8 Å². The third-order valence-electron chi connectivity index (χ3n) is 6.24. The summed E-state index contributed by atoms with van der Waals surface area (Å²) < 4.78 is 11.5. The smallest absolute Gasteiger partial charge is 0.0982 e. The largest absolute Gasteiger partial charge is 0.498 e. The van der Waals surface area contributed by atoms with Crippen molar-refractivity contribution in [3.8, 4) is 0 Å². The Bertz CT molecular complexity index is 360. The van der Waals surface area contributed by atoms with Gasteiger partial charge in [-0.05, 0) is 75.7 Å². The SMILES string of the molecule is CCCCCC1CCC(C(OCCCCCCOC)=C2CCC2)CC1. The predicted octanol–water partition coefficient (Wildman–Crippen LogP) is 7.03. The van der Waals surface area contributed by atoms with Crippen LogP contribution in [0.15, 0.2) is 11.3 Å². The molecule has 0 unspecified atom stereocenters. The topological polar surface area (TPSA) is 18.5 Å². The van der Waals surface area contributed by atoms with Gasteiger partial charge in [0.05, 0.1) is 12.4 Å². The molecule has 0 radical (unpaired) electrons. The van der Waals surface area contributed by atoms with Crippen molar-refractivity contribution in [2.75, 3.05) is 20.3 Å². The lowest BCUT2D eigenvalue weighted by atomic mass is 9.76. The van der Waals surface area contributed by atoms with Crippen LogP contribution < -0.4 is 0 Å². The van der Waals surface area contributed by atoms with E-state index >= 15 is 0 Å². The molecule has 0 atom stereocenters. The van der Waals surface area contributed by atoms with E-state index < -0.39 is 0 Å². The van der Waals surface area contributed by atoms with Crippen LogP contribution in [-0.2, 0) is 9.47 Å². The molecule has 0 aromatic heterocycles. The van der Waals surface area contributed by atoms with E-state index in [0.29, 0.717) is 0 Å². The van der Waals surface area contributed by atoms with Crippen LogP contribution in [0.5, 0.6) is 0 Å². The minimum atomic E-state index is 0.742. The molecule has 0 spiro atoms. The number of hydrogen-bond donors (Lipinski definition) is 0. The molecule has 2 saturated carbocycles. The second-order valence-corrected chi connectivity index (χ2v) is 8.29. The zero-order valence-electron chi connectivity index (χ0n) is 17.0. The van der Waals surface area contributed by atoms with Gasteiger partial charge in [-0.2, -0.15) is 0 Å². The Morgan fingerprint density at radius 2 is 1.60 bits per heavy atom. The van der Waals surface area contributed by atoms with Crippen molar-refractivity contribution in [1.82, 2.24) is 0 Å². The summed E-state index contributed by atoms with van der Waals surface area (Å²) in [7, 11) is 1.79. The zero-order valence-corrected chi connectivity index (χ0v) is 17.0. The maximum Gasteiger partial charge on any atom is 0.0982 e. The third-order valence-corrected chi connectivity index (χ3v) is 6.24. The zero-order chi connectivity index (χ0) is 17.7. The lowest BCUT2D eigenvalue weighted by molar-refractivity contribution is 0.135. The fraction of sp³-hybridized carbons (Fsp3) is 0.913. The summed E-state index contributed by atoms with van der Waals surface area (Å²) in [6.07, 6.45) is 20.2. The molecule has 2 fully saturated rings. The van der Waals surface area contributed by atoms with Crippen LogP contribution in [0.25, 0.3) is 0 Å². The van der Waals surface area contributed by atoms with Crippen LogP contribution in [-0.4, -0.2) is 20.3 Å². The number of rotatable bonds is 13. The van der Waals surface area contributed by atoms with Crippen LogP contribution >= 0.6 is 0 Å². The van der Waals surface area contributed by atoms with E-state index in [-0.39, 0.29) is 0 Å². The van der Waals surface area contributed by atoms with Gasteiger partial charge >= 0.3 is 0 Å². The van der Waals surface area contributed by atoms with Gasteiger partial charge in [-0.15, -0.1) is 0 Å². The molecular weight excluding hydrogens is 308 g/mol. The Labute approximate surface area is 156 Å². The first kappa shape index (κ1) is 20.8. The van der Waals surface area contributed by atoms with Crippen molar-refractivity contribution in [2.45, 2.75) is 103 Å². The van der Waals surface area contributed by atoms with Crippen molar-refractivity contribution in [2.24, 2.45) is 11.8 Å². The van der Waals surface area contributed by atoms with Crippen LogP contribution in [0.2, 0.25) is 0 Å². The van der Waals surface area contributed by atoms with Crippen molar-refractivity contribution in [3.63, 3.8) is 0 Å². The summed E-state index contributed by atoms with van der Waals surface area (Å²) >= 11 is 0. The number of unbranched alkanes of at least 4 members (excludes halogenated alkanes) is 5. The van der Waals surface area contributed by atoms with Gasteiger partial charge in [-0.25, -0.2) is 0 Å². The Hall–Kier alpha value is -0.500. The number of methoxy groups -OCH3 is 1. The maximum atomic E-state index is 6.37. The molecule has 2 nitrogen and oxygen atoms in total. The quantitative estimate of drug-likeness (QED) is 0.262. The molecule has 146 valence electrons. The molecule has 2 aliphatic rings. The normalized spacial score (nSPS) is 23.4. The highest BCUT2D eigenvalue weighted by atomic mass is 16.5. The second-order valence-electron chi connectivity index (χ2n) is 8.29. The van der Waals surface area contributed by atoms with Gasteiger partial charge in [0, 0.05) is 19.6 Å². The summed E-state index contributed by atoms with van der Waals surface area (Å²) in [4.78, 5) is 0. The molecule has 2 aliphatic carbocycles. The van der Waals surface area contributed by atoms with Gasteiger partial charge in [0.15, 0.2) is 0 Å². The average Bonchev–Trinajstić information content (AvgIpc) is 2.59. The standard InChI is InChI=1S/C23H42O2/c1-3-4-7-11-20-14-16-22(17-15-20)23(21-12-10-13-21)25-19-9-6-5-8-18-24-2/h20,22H,3-19H2,1-2H3. The highest BCUT2D eigenvalue weighted by molar-refractivity contribution is 5.18. The van der Waals surface area contributed by atoms with E-state index in [1.807, 2.05) is 0 Å². The monoisotopic (exact) mass is 350 g/mol. The average molecular weight is 351 g/mol. The van der Waals surface area contributed by atoms with Gasteiger partial charge < -0.3 is 9.47 Å². The maximum absolute atomic E-state index is 6.37. The molecule has 0 aliphatic heterocycles. The predicted molar refractivity (Wildman–Crippen MR) is 107 cm³/mol. The highest BCUT2D eigenvalue weighted by Gasteiger charge is 2.28. The van der Waals surface area contributed by atoms with Gasteiger partial charge in [-0.1, -0.05) is 39.0 Å². The summed E-state index contributed by atoms with van der Waals surface area (Å²) in [5.41, 5.74) is 1.66. The van der Waals surface area contributed by atoms with E-state index in [9.17, 15) is 0 Å². The van der Waals surface area contributed by atoms with E-state index in [1.165, 1.54) is 102 Å². The number of allylic oxidation sites excluding steroid dienone is 2. The molecule has 0 heterocycles. The fourth-order valence-corrected chi connectivity index (χ4v) is 4.39. The summed E-state index contributed by atoms with van der Waals surface area (Å²) in [6.45, 7) is 4.14. The van der Waals surface area contributed by atoms with Gasteiger partial charge in [0.2, 0.25) is 0 Å². The summed E-state index contributed by atoms with van der Waals surface area (Å²) in [5.74, 6) is 3.18. The van der Waals surface area contributed by atoms with E-state index in [4.69, 9.17) is 9.47 Å². The summed E-state index contributed by atoms with van der Waals surface area (Å²) in [6, 6.07) is 0. The van der Waals surface area contributed by atoms with E-state index in [0.717, 1.165) is 25.0 Å².